The van der Waals surface area contributed by atoms with Gasteiger partial charge in [0.15, 0.2) is 0 Å². The molecule has 4 aromatic carbocycles. The van der Waals surface area contributed by atoms with E-state index in [1.807, 2.05) is 60.7 Å². The Morgan fingerprint density at radius 2 is 1.15 bits per heavy atom. The summed E-state index contributed by atoms with van der Waals surface area (Å²) >= 11 is 0. The molecule has 2 amide bonds. The molecule has 6 nitrogen and oxygen atoms in total. The van der Waals surface area contributed by atoms with E-state index in [1.54, 1.807) is 21.9 Å². The Morgan fingerprint density at radius 3 is 1.66 bits per heavy atom. The van der Waals surface area contributed by atoms with Gasteiger partial charge in [0.1, 0.15) is 11.6 Å². The molecule has 5 N–H and O–H groups in total. The quantitative estimate of drug-likeness (QED) is 0.236. The zero-order valence-electron chi connectivity index (χ0n) is 22.7. The number of amides is 2. The summed E-state index contributed by atoms with van der Waals surface area (Å²) in [4.78, 5) is 17.6. The molecule has 0 aromatic heterocycles. The summed E-state index contributed by atoms with van der Waals surface area (Å²) in [6.07, 6.45) is 0.705. The van der Waals surface area contributed by atoms with Gasteiger partial charge in [-0.2, -0.15) is 0 Å². The molecule has 0 saturated carbocycles. The number of aliphatic hydroxyl groups excluding tert-OH is 1. The van der Waals surface area contributed by atoms with E-state index in [9.17, 15) is 18.7 Å². The fourth-order valence-corrected chi connectivity index (χ4v) is 5.59. The van der Waals surface area contributed by atoms with Crippen molar-refractivity contribution in [2.45, 2.75) is 50.5 Å². The standard InChI is InChI=1S/C33H34F2N4O2/c34-26-14-11-24(17-28(26)36)20-38-30(16-13-22-7-3-1-4-8-22)32(40)31(19-23-9-5-2-6-10-23)39(33(38)41)21-25-12-15-27(35)29(37)18-25/h1-12,14-15,17-18,30-32,40H,13,16,19-21,36-37H2/t30-,31-,32-/m1/s1. The molecule has 4 aromatic rings. The van der Waals surface area contributed by atoms with Crippen molar-refractivity contribution < 1.29 is 18.7 Å². The molecule has 41 heavy (non-hydrogen) atoms. The predicted octanol–water partition coefficient (Wildman–Crippen LogP) is 5.54. The zero-order valence-corrected chi connectivity index (χ0v) is 22.7. The van der Waals surface area contributed by atoms with E-state index < -0.39 is 29.8 Å². The largest absolute Gasteiger partial charge is 0.396 e. The number of rotatable bonds is 9. The van der Waals surface area contributed by atoms with Gasteiger partial charge in [0.2, 0.25) is 0 Å². The summed E-state index contributed by atoms with van der Waals surface area (Å²) in [5.74, 6) is -1.06. The summed E-state index contributed by atoms with van der Waals surface area (Å²) in [6, 6.07) is 27.1. The third kappa shape index (κ3) is 6.49. The highest BCUT2D eigenvalue weighted by Crippen LogP contribution is 2.32. The average molecular weight is 557 g/mol. The van der Waals surface area contributed by atoms with E-state index >= 15 is 0 Å². The van der Waals surface area contributed by atoms with Crippen LogP contribution in [0.1, 0.15) is 28.7 Å². The molecular formula is C33H34F2N4O2. The molecule has 1 fully saturated rings. The smallest absolute Gasteiger partial charge is 0.321 e. The van der Waals surface area contributed by atoms with Crippen LogP contribution >= 0.6 is 0 Å². The minimum atomic E-state index is -0.910. The first-order valence-electron chi connectivity index (χ1n) is 13.7. The third-order valence-corrected chi connectivity index (χ3v) is 7.77. The fourth-order valence-electron chi connectivity index (χ4n) is 5.59. The number of carbonyl (C=O) groups excluding carboxylic acids is 1. The Hall–Kier alpha value is -4.43. The van der Waals surface area contributed by atoms with Gasteiger partial charge in [0, 0.05) is 13.1 Å². The molecule has 8 heteroatoms. The molecule has 1 aliphatic rings. The first kappa shape index (κ1) is 28.1. The molecule has 1 heterocycles. The second kappa shape index (κ2) is 12.4. The number of hydrogen-bond donors (Lipinski definition) is 3. The molecule has 0 aliphatic carbocycles. The van der Waals surface area contributed by atoms with Gasteiger partial charge in [0.25, 0.3) is 0 Å². The second-order valence-corrected chi connectivity index (χ2v) is 10.6. The predicted molar refractivity (Wildman–Crippen MR) is 157 cm³/mol. The zero-order chi connectivity index (χ0) is 28.9. The van der Waals surface area contributed by atoms with E-state index in [1.165, 1.54) is 24.3 Å². The number of halogens is 2. The molecule has 212 valence electrons. The number of aryl methyl sites for hydroxylation is 1. The van der Waals surface area contributed by atoms with Crippen molar-refractivity contribution in [1.82, 2.24) is 9.80 Å². The first-order valence-corrected chi connectivity index (χ1v) is 13.7. The lowest BCUT2D eigenvalue weighted by Gasteiger charge is -2.49. The molecule has 0 spiro atoms. The first-order chi connectivity index (χ1) is 19.8. The highest BCUT2D eigenvalue weighted by molar-refractivity contribution is 5.77. The summed E-state index contributed by atoms with van der Waals surface area (Å²) in [5, 5.41) is 12.0. The molecular weight excluding hydrogens is 522 g/mol. The van der Waals surface area contributed by atoms with Gasteiger partial charge in [-0.1, -0.05) is 72.8 Å². The van der Waals surface area contributed by atoms with Crippen LogP contribution < -0.4 is 11.5 Å². The second-order valence-electron chi connectivity index (χ2n) is 10.6. The van der Waals surface area contributed by atoms with Gasteiger partial charge in [-0.15, -0.1) is 0 Å². The molecule has 1 saturated heterocycles. The number of nitrogen functional groups attached to an aromatic ring is 2. The van der Waals surface area contributed by atoms with E-state index in [0.717, 1.165) is 11.1 Å². The van der Waals surface area contributed by atoms with Crippen molar-refractivity contribution in [3.05, 3.63) is 131 Å². The summed E-state index contributed by atoms with van der Waals surface area (Å²) in [7, 11) is 0. The molecule has 3 atom stereocenters. The van der Waals surface area contributed by atoms with Crippen molar-refractivity contribution in [3.8, 4) is 0 Å². The molecule has 0 unspecified atom stereocenters. The number of nitrogens with two attached hydrogens (primary N) is 2. The lowest BCUT2D eigenvalue weighted by Crippen LogP contribution is -2.66. The van der Waals surface area contributed by atoms with Gasteiger partial charge in [-0.25, -0.2) is 13.6 Å². The Kier molecular flexibility index (Phi) is 8.50. The molecule has 0 radical (unpaired) electrons. The highest BCUT2D eigenvalue weighted by atomic mass is 19.1. The molecule has 0 bridgehead atoms. The van der Waals surface area contributed by atoms with Gasteiger partial charge in [-0.05, 0) is 65.8 Å². The van der Waals surface area contributed by atoms with Crippen molar-refractivity contribution in [2.75, 3.05) is 11.5 Å². The van der Waals surface area contributed by atoms with Crippen molar-refractivity contribution >= 4 is 17.4 Å². The minimum Gasteiger partial charge on any atom is -0.396 e. The summed E-state index contributed by atoms with van der Waals surface area (Å²) in [6.45, 7) is 0.269. The third-order valence-electron chi connectivity index (χ3n) is 7.77. The van der Waals surface area contributed by atoms with E-state index in [4.69, 9.17) is 11.5 Å². The lowest BCUT2D eigenvalue weighted by atomic mass is 9.88. The van der Waals surface area contributed by atoms with E-state index in [2.05, 4.69) is 0 Å². The number of aliphatic hydroxyl groups is 1. The van der Waals surface area contributed by atoms with Crippen LogP contribution in [-0.2, 0) is 25.9 Å². The van der Waals surface area contributed by atoms with Crippen LogP contribution in [0.5, 0.6) is 0 Å². The number of carbonyl (C=O) groups is 1. The van der Waals surface area contributed by atoms with Crippen LogP contribution in [0.25, 0.3) is 0 Å². The van der Waals surface area contributed by atoms with Crippen molar-refractivity contribution in [3.63, 3.8) is 0 Å². The average Bonchev–Trinajstić information content (AvgIpc) is 2.98. The van der Waals surface area contributed by atoms with Crippen LogP contribution in [0.3, 0.4) is 0 Å². The maximum atomic E-state index is 14.3. The maximum Gasteiger partial charge on any atom is 0.321 e. The monoisotopic (exact) mass is 556 g/mol. The lowest BCUT2D eigenvalue weighted by molar-refractivity contribution is -0.0453. The number of anilines is 2. The van der Waals surface area contributed by atoms with Gasteiger partial charge >= 0.3 is 6.03 Å². The molecule has 5 rings (SSSR count). The minimum absolute atomic E-state index is 0.00561. The van der Waals surface area contributed by atoms with Crippen LogP contribution in [-0.4, -0.2) is 39.1 Å². The topological polar surface area (TPSA) is 95.8 Å². The van der Waals surface area contributed by atoms with Gasteiger partial charge in [0.05, 0.1) is 29.6 Å². The summed E-state index contributed by atoms with van der Waals surface area (Å²) in [5.41, 5.74) is 15.0. The molecule has 1 aliphatic heterocycles. The van der Waals surface area contributed by atoms with Gasteiger partial charge in [-0.3, -0.25) is 0 Å². The number of hydrogen-bond acceptors (Lipinski definition) is 4. The van der Waals surface area contributed by atoms with E-state index in [-0.39, 0.29) is 30.5 Å². The Morgan fingerprint density at radius 1 is 0.659 bits per heavy atom. The Bertz CT molecular complexity index is 1490. The highest BCUT2D eigenvalue weighted by Gasteiger charge is 2.45. The number of urea groups is 1. The van der Waals surface area contributed by atoms with Crippen LogP contribution in [0.2, 0.25) is 0 Å². The van der Waals surface area contributed by atoms with Crippen molar-refractivity contribution in [1.29, 1.82) is 0 Å². The van der Waals surface area contributed by atoms with Gasteiger partial charge < -0.3 is 26.4 Å². The van der Waals surface area contributed by atoms with E-state index in [0.29, 0.717) is 30.4 Å². The Balaban J connectivity index is 1.52. The normalized spacial score (nSPS) is 19.0. The Labute approximate surface area is 238 Å². The van der Waals surface area contributed by atoms with Crippen LogP contribution in [0.4, 0.5) is 25.0 Å². The SMILES string of the molecule is Nc1cc(CN2C(=O)N(Cc3ccc(F)c(N)c3)[C@H](Cc3ccccc3)[C@H](O)[C@H]2CCc2ccccc2)ccc1F. The number of benzene rings is 4. The maximum absolute atomic E-state index is 14.3. The summed E-state index contributed by atoms with van der Waals surface area (Å²) < 4.78 is 27.9. The van der Waals surface area contributed by atoms with Crippen LogP contribution in [0, 0.1) is 11.6 Å². The van der Waals surface area contributed by atoms with Crippen LogP contribution in [0.15, 0.2) is 97.1 Å². The van der Waals surface area contributed by atoms with Crippen molar-refractivity contribution in [2.24, 2.45) is 0 Å². The number of nitrogens with zero attached hydrogens (tertiary/aromatic N) is 2. The fraction of sp³-hybridized carbons (Fsp3) is 0.242.